The average Bonchev–Trinajstić information content (AvgIpc) is 2.86. The first-order chi connectivity index (χ1) is 8.28. The van der Waals surface area contributed by atoms with Gasteiger partial charge in [-0.25, -0.2) is 0 Å². The summed E-state index contributed by atoms with van der Waals surface area (Å²) in [5, 5.41) is 12.5. The van der Waals surface area contributed by atoms with E-state index in [1.54, 1.807) is 38.5 Å². The topological polar surface area (TPSA) is 68.3 Å². The number of hydrogen-bond acceptors (Lipinski definition) is 5. The summed E-state index contributed by atoms with van der Waals surface area (Å²) in [5.41, 5.74) is 1.26. The summed E-state index contributed by atoms with van der Waals surface area (Å²) in [6.07, 6.45) is 0. The van der Waals surface area contributed by atoms with E-state index in [4.69, 9.17) is 19.3 Å². The fraction of sp³-hybridized carbons (Fsp3) is 0.167. The van der Waals surface area contributed by atoms with Crippen molar-refractivity contribution in [2.24, 2.45) is 0 Å². The Hall–Kier alpha value is -2.48. The summed E-state index contributed by atoms with van der Waals surface area (Å²) >= 11 is 0. The molecule has 0 bridgehead atoms. The maximum Gasteiger partial charge on any atom is 0.236 e. The summed E-state index contributed by atoms with van der Waals surface area (Å²) < 4.78 is 15.2. The van der Waals surface area contributed by atoms with Crippen LogP contribution < -0.4 is 9.47 Å². The molecule has 86 valence electrons. The van der Waals surface area contributed by atoms with Gasteiger partial charge in [-0.2, -0.15) is 5.26 Å². The molecule has 0 fully saturated rings. The number of hydrogen-bond donors (Lipinski definition) is 0. The first-order valence-corrected chi connectivity index (χ1v) is 4.87. The fourth-order valence-electron chi connectivity index (χ4n) is 1.47. The maximum absolute atomic E-state index is 8.69. The Morgan fingerprint density at radius 3 is 2.65 bits per heavy atom. The van der Waals surface area contributed by atoms with Gasteiger partial charge in [-0.1, -0.05) is 5.16 Å². The molecule has 1 aromatic heterocycles. The third kappa shape index (κ3) is 2.06. The number of methoxy groups -OCH3 is 2. The van der Waals surface area contributed by atoms with Crippen LogP contribution in [0, 0.1) is 11.3 Å². The van der Waals surface area contributed by atoms with Crippen molar-refractivity contribution in [2.75, 3.05) is 14.2 Å². The molecule has 5 nitrogen and oxygen atoms in total. The van der Waals surface area contributed by atoms with Crippen LogP contribution in [0.25, 0.3) is 11.3 Å². The Kier molecular flexibility index (Phi) is 2.97. The van der Waals surface area contributed by atoms with Crippen LogP contribution in [0.1, 0.15) is 5.76 Å². The molecule has 0 N–H and O–H groups in total. The monoisotopic (exact) mass is 230 g/mol. The first-order valence-electron chi connectivity index (χ1n) is 4.87. The molecule has 0 radical (unpaired) electrons. The number of rotatable bonds is 3. The van der Waals surface area contributed by atoms with Gasteiger partial charge >= 0.3 is 0 Å². The zero-order valence-corrected chi connectivity index (χ0v) is 9.43. The second kappa shape index (κ2) is 4.58. The summed E-state index contributed by atoms with van der Waals surface area (Å²) in [7, 11) is 3.14. The number of aromatic nitrogens is 1. The van der Waals surface area contributed by atoms with Gasteiger partial charge in [0.15, 0.2) is 0 Å². The van der Waals surface area contributed by atoms with Crippen LogP contribution >= 0.6 is 0 Å². The fourth-order valence-corrected chi connectivity index (χ4v) is 1.47. The average molecular weight is 230 g/mol. The number of ether oxygens (including phenoxy) is 2. The Morgan fingerprint density at radius 1 is 1.24 bits per heavy atom. The van der Waals surface area contributed by atoms with Crippen molar-refractivity contribution in [3.63, 3.8) is 0 Å². The first kappa shape index (κ1) is 11.0. The van der Waals surface area contributed by atoms with E-state index >= 15 is 0 Å². The molecule has 0 saturated carbocycles. The molecule has 0 aliphatic heterocycles. The number of nitrogens with zero attached hydrogens (tertiary/aromatic N) is 2. The minimum absolute atomic E-state index is 0.157. The standard InChI is InChI=1S/C12H10N2O3/c1-15-8-3-4-12(16-2)10(5-8)11-6-9(7-13)17-14-11/h3-6H,1-2H3. The lowest BCUT2D eigenvalue weighted by Crippen LogP contribution is -1.90. The highest BCUT2D eigenvalue weighted by atomic mass is 16.5. The van der Waals surface area contributed by atoms with Crippen molar-refractivity contribution in [3.05, 3.63) is 30.0 Å². The lowest BCUT2D eigenvalue weighted by atomic mass is 10.1. The van der Waals surface area contributed by atoms with Crippen LogP contribution in [0.2, 0.25) is 0 Å². The molecule has 2 rings (SSSR count). The van der Waals surface area contributed by atoms with Crippen molar-refractivity contribution in [3.8, 4) is 28.8 Å². The molecule has 0 spiro atoms. The zero-order chi connectivity index (χ0) is 12.3. The zero-order valence-electron chi connectivity index (χ0n) is 9.43. The minimum Gasteiger partial charge on any atom is -0.497 e. The van der Waals surface area contributed by atoms with Crippen molar-refractivity contribution in [1.82, 2.24) is 5.16 Å². The highest BCUT2D eigenvalue weighted by Gasteiger charge is 2.12. The lowest BCUT2D eigenvalue weighted by Gasteiger charge is -2.07. The Morgan fingerprint density at radius 2 is 2.06 bits per heavy atom. The van der Waals surface area contributed by atoms with Crippen LogP contribution in [0.15, 0.2) is 28.8 Å². The highest BCUT2D eigenvalue weighted by Crippen LogP contribution is 2.32. The van der Waals surface area contributed by atoms with E-state index in [2.05, 4.69) is 5.16 Å². The molecule has 0 unspecified atom stereocenters. The Balaban J connectivity index is 2.52. The SMILES string of the molecule is COc1ccc(OC)c(-c2cc(C#N)on2)c1. The molecule has 5 heteroatoms. The molecular formula is C12H10N2O3. The van der Waals surface area contributed by atoms with Gasteiger partial charge in [0.2, 0.25) is 5.76 Å². The van der Waals surface area contributed by atoms with Gasteiger partial charge < -0.3 is 14.0 Å². The molecule has 1 aromatic carbocycles. The van der Waals surface area contributed by atoms with Crippen LogP contribution in [-0.4, -0.2) is 19.4 Å². The van der Waals surface area contributed by atoms with Crippen molar-refractivity contribution in [1.29, 1.82) is 5.26 Å². The summed E-state index contributed by atoms with van der Waals surface area (Å²) in [4.78, 5) is 0. The van der Waals surface area contributed by atoms with Crippen LogP contribution in [-0.2, 0) is 0 Å². The predicted molar refractivity (Wildman–Crippen MR) is 59.8 cm³/mol. The van der Waals surface area contributed by atoms with Gasteiger partial charge in [-0.15, -0.1) is 0 Å². The van der Waals surface area contributed by atoms with Crippen LogP contribution in [0.4, 0.5) is 0 Å². The quantitative estimate of drug-likeness (QED) is 0.808. The molecule has 0 amide bonds. The minimum atomic E-state index is 0.157. The molecule has 0 saturated heterocycles. The highest BCUT2D eigenvalue weighted by molar-refractivity contribution is 5.69. The van der Waals surface area contributed by atoms with E-state index in [0.29, 0.717) is 17.2 Å². The van der Waals surface area contributed by atoms with Crippen molar-refractivity contribution < 1.29 is 14.0 Å². The van der Waals surface area contributed by atoms with Crippen LogP contribution in [0.3, 0.4) is 0 Å². The Bertz CT molecular complexity index is 569. The summed E-state index contributed by atoms with van der Waals surface area (Å²) in [6, 6.07) is 8.77. The van der Waals surface area contributed by atoms with E-state index in [1.165, 1.54) is 0 Å². The van der Waals surface area contributed by atoms with Gasteiger partial charge in [-0.3, -0.25) is 0 Å². The molecule has 0 atom stereocenters. The number of nitriles is 1. The second-order valence-electron chi connectivity index (χ2n) is 3.25. The largest absolute Gasteiger partial charge is 0.497 e. The third-order valence-corrected chi connectivity index (χ3v) is 2.30. The molecule has 0 aliphatic carbocycles. The molecular weight excluding hydrogens is 220 g/mol. The van der Waals surface area contributed by atoms with E-state index in [9.17, 15) is 0 Å². The van der Waals surface area contributed by atoms with Crippen molar-refractivity contribution in [2.45, 2.75) is 0 Å². The van der Waals surface area contributed by atoms with Crippen molar-refractivity contribution >= 4 is 0 Å². The number of benzene rings is 1. The van der Waals surface area contributed by atoms with E-state index < -0.39 is 0 Å². The molecule has 2 aromatic rings. The molecule has 0 aliphatic rings. The van der Waals surface area contributed by atoms with Crippen LogP contribution in [0.5, 0.6) is 11.5 Å². The Labute approximate surface area is 98.2 Å². The van der Waals surface area contributed by atoms with Gasteiger partial charge in [-0.05, 0) is 18.2 Å². The van der Waals surface area contributed by atoms with E-state index in [1.807, 2.05) is 6.07 Å². The smallest absolute Gasteiger partial charge is 0.236 e. The van der Waals surface area contributed by atoms with E-state index in [-0.39, 0.29) is 5.76 Å². The third-order valence-electron chi connectivity index (χ3n) is 2.30. The van der Waals surface area contributed by atoms with Gasteiger partial charge in [0.25, 0.3) is 0 Å². The summed E-state index contributed by atoms with van der Waals surface area (Å²) in [6.45, 7) is 0. The lowest BCUT2D eigenvalue weighted by molar-refractivity contribution is 0.400. The van der Waals surface area contributed by atoms with E-state index in [0.717, 1.165) is 5.56 Å². The molecule has 17 heavy (non-hydrogen) atoms. The van der Waals surface area contributed by atoms with Gasteiger partial charge in [0.05, 0.1) is 14.2 Å². The second-order valence-corrected chi connectivity index (χ2v) is 3.25. The molecule has 1 heterocycles. The van der Waals surface area contributed by atoms with Gasteiger partial charge in [0, 0.05) is 11.6 Å². The predicted octanol–water partition coefficient (Wildman–Crippen LogP) is 2.23. The normalized spacial score (nSPS) is 9.71. The summed E-state index contributed by atoms with van der Waals surface area (Å²) in [5.74, 6) is 1.48. The van der Waals surface area contributed by atoms with Gasteiger partial charge in [0.1, 0.15) is 23.3 Å². The maximum atomic E-state index is 8.69.